The van der Waals surface area contributed by atoms with Gasteiger partial charge < -0.3 is 5.32 Å². The smallest absolute Gasteiger partial charge is 0.174 e. The molecular formula is C19H18N6S. The Labute approximate surface area is 155 Å². The number of hydrogen-bond acceptors (Lipinski definition) is 6. The minimum absolute atomic E-state index is 0.0822. The second-order valence-electron chi connectivity index (χ2n) is 5.96. The van der Waals surface area contributed by atoms with Crippen molar-refractivity contribution in [2.45, 2.75) is 19.9 Å². The number of hydrogen-bond donors (Lipinski definition) is 1. The Morgan fingerprint density at radius 3 is 2.65 bits per heavy atom. The number of aryl methyl sites for hydroxylation is 2. The average molecular weight is 362 g/mol. The first-order valence-electron chi connectivity index (χ1n) is 8.27. The second kappa shape index (κ2) is 7.05. The average Bonchev–Trinajstić information content (AvgIpc) is 3.30. The Hall–Kier alpha value is -3.06. The summed E-state index contributed by atoms with van der Waals surface area (Å²) in [5, 5.41) is 10.9. The van der Waals surface area contributed by atoms with Crippen LogP contribution < -0.4 is 5.32 Å². The van der Waals surface area contributed by atoms with Crippen molar-refractivity contribution >= 4 is 17.2 Å². The Kier molecular flexibility index (Phi) is 4.45. The highest BCUT2D eigenvalue weighted by Crippen LogP contribution is 2.27. The summed E-state index contributed by atoms with van der Waals surface area (Å²) in [6, 6.07) is 12.1. The predicted molar refractivity (Wildman–Crippen MR) is 103 cm³/mol. The summed E-state index contributed by atoms with van der Waals surface area (Å²) < 4.78 is 1.80. The largest absolute Gasteiger partial charge is 0.355 e. The summed E-state index contributed by atoms with van der Waals surface area (Å²) in [7, 11) is 0. The van der Waals surface area contributed by atoms with Gasteiger partial charge in [-0.3, -0.25) is 4.98 Å². The number of anilines is 1. The number of thiazole rings is 1. The third-order valence-electron chi connectivity index (χ3n) is 3.97. The van der Waals surface area contributed by atoms with Crippen molar-refractivity contribution in [3.63, 3.8) is 0 Å². The van der Waals surface area contributed by atoms with Gasteiger partial charge in [-0.05, 0) is 25.5 Å². The van der Waals surface area contributed by atoms with Crippen LogP contribution >= 0.6 is 11.3 Å². The van der Waals surface area contributed by atoms with Gasteiger partial charge in [0.1, 0.15) is 16.9 Å². The van der Waals surface area contributed by atoms with Gasteiger partial charge in [0.05, 0.1) is 18.1 Å². The first-order chi connectivity index (χ1) is 12.7. The van der Waals surface area contributed by atoms with Gasteiger partial charge in [0, 0.05) is 17.3 Å². The van der Waals surface area contributed by atoms with E-state index < -0.39 is 0 Å². The molecule has 0 amide bonds. The number of benzene rings is 1. The van der Waals surface area contributed by atoms with E-state index in [1.165, 1.54) is 0 Å². The summed E-state index contributed by atoms with van der Waals surface area (Å²) >= 11 is 1.61. The third-order valence-corrected chi connectivity index (χ3v) is 4.81. The Morgan fingerprint density at radius 1 is 1.12 bits per heavy atom. The first kappa shape index (κ1) is 16.4. The molecule has 1 N–H and O–H groups in total. The maximum absolute atomic E-state index is 4.70. The SMILES string of the molecule is Cc1cc(C)n(-c2cncc(NC(c3ccccc3)c3nccs3)n2)n1. The van der Waals surface area contributed by atoms with Gasteiger partial charge in [0.25, 0.3) is 0 Å². The van der Waals surface area contributed by atoms with Crippen LogP contribution in [0.3, 0.4) is 0 Å². The Morgan fingerprint density at radius 2 is 1.96 bits per heavy atom. The van der Waals surface area contributed by atoms with Crippen LogP contribution in [0.4, 0.5) is 5.82 Å². The molecule has 0 aliphatic carbocycles. The van der Waals surface area contributed by atoms with Crippen molar-refractivity contribution in [1.29, 1.82) is 0 Å². The van der Waals surface area contributed by atoms with E-state index in [1.807, 2.05) is 49.7 Å². The summed E-state index contributed by atoms with van der Waals surface area (Å²) in [6.07, 6.45) is 5.25. The molecule has 1 atom stereocenters. The van der Waals surface area contributed by atoms with Gasteiger partial charge >= 0.3 is 0 Å². The van der Waals surface area contributed by atoms with Crippen LogP contribution in [0, 0.1) is 13.8 Å². The minimum Gasteiger partial charge on any atom is -0.355 e. The summed E-state index contributed by atoms with van der Waals surface area (Å²) in [4.78, 5) is 13.5. The van der Waals surface area contributed by atoms with Crippen LogP contribution in [0.5, 0.6) is 0 Å². The van der Waals surface area contributed by atoms with Crippen LogP contribution in [0.15, 0.2) is 60.4 Å². The van der Waals surface area contributed by atoms with Gasteiger partial charge in [-0.15, -0.1) is 11.3 Å². The van der Waals surface area contributed by atoms with Crippen LogP contribution in [-0.2, 0) is 0 Å². The zero-order valence-electron chi connectivity index (χ0n) is 14.5. The van der Waals surface area contributed by atoms with Crippen molar-refractivity contribution in [1.82, 2.24) is 24.7 Å². The monoisotopic (exact) mass is 362 g/mol. The fourth-order valence-electron chi connectivity index (χ4n) is 2.85. The van der Waals surface area contributed by atoms with Gasteiger partial charge in [-0.2, -0.15) is 5.10 Å². The molecular weight excluding hydrogens is 344 g/mol. The topological polar surface area (TPSA) is 68.5 Å². The Balaban J connectivity index is 1.68. The van der Waals surface area contributed by atoms with Crippen LogP contribution in [0.2, 0.25) is 0 Å². The highest BCUT2D eigenvalue weighted by Gasteiger charge is 2.17. The molecule has 0 bridgehead atoms. The quantitative estimate of drug-likeness (QED) is 0.582. The van der Waals surface area contributed by atoms with Crippen LogP contribution in [0.25, 0.3) is 5.82 Å². The van der Waals surface area contributed by atoms with Crippen molar-refractivity contribution in [3.8, 4) is 5.82 Å². The lowest BCUT2D eigenvalue weighted by atomic mass is 10.1. The van der Waals surface area contributed by atoms with Gasteiger partial charge in [-0.25, -0.2) is 14.6 Å². The lowest BCUT2D eigenvalue weighted by Gasteiger charge is -2.18. The molecule has 6 nitrogen and oxygen atoms in total. The Bertz CT molecular complexity index is 994. The molecule has 1 unspecified atom stereocenters. The summed E-state index contributed by atoms with van der Waals surface area (Å²) in [6.45, 7) is 3.97. The lowest BCUT2D eigenvalue weighted by molar-refractivity contribution is 0.795. The van der Waals surface area contributed by atoms with Gasteiger partial charge in [-0.1, -0.05) is 30.3 Å². The molecule has 0 saturated carbocycles. The zero-order chi connectivity index (χ0) is 17.9. The van der Waals surface area contributed by atoms with Crippen molar-refractivity contribution in [2.75, 3.05) is 5.32 Å². The standard InChI is InChI=1S/C19H18N6S/c1-13-10-14(2)25(24-13)17-12-20-11-16(22-17)23-18(19-21-8-9-26-19)15-6-4-3-5-7-15/h3-12,18H,1-2H3,(H,22,23). The molecule has 0 spiro atoms. The van der Waals surface area contributed by atoms with E-state index >= 15 is 0 Å². The zero-order valence-corrected chi connectivity index (χ0v) is 15.3. The molecule has 1 aromatic carbocycles. The number of aromatic nitrogens is 5. The predicted octanol–water partition coefficient (Wildman–Crippen LogP) is 3.94. The molecule has 4 aromatic rings. The lowest BCUT2D eigenvalue weighted by Crippen LogP contribution is -2.14. The van der Waals surface area contributed by atoms with Gasteiger partial charge in [0.15, 0.2) is 5.82 Å². The number of nitrogens with one attached hydrogen (secondary N) is 1. The molecule has 0 aliphatic heterocycles. The normalized spacial score (nSPS) is 12.1. The van der Waals surface area contributed by atoms with Crippen molar-refractivity contribution in [3.05, 3.63) is 82.3 Å². The maximum atomic E-state index is 4.70. The minimum atomic E-state index is -0.0822. The number of rotatable bonds is 5. The third kappa shape index (κ3) is 3.34. The number of nitrogens with zero attached hydrogens (tertiary/aromatic N) is 5. The summed E-state index contributed by atoms with van der Waals surface area (Å²) in [5.74, 6) is 1.37. The van der Waals surface area contributed by atoms with E-state index in [0.717, 1.165) is 22.0 Å². The summed E-state index contributed by atoms with van der Waals surface area (Å²) in [5.41, 5.74) is 3.10. The van der Waals surface area contributed by atoms with E-state index in [2.05, 4.69) is 32.5 Å². The van der Waals surface area contributed by atoms with Gasteiger partial charge in [0.2, 0.25) is 0 Å². The maximum Gasteiger partial charge on any atom is 0.174 e. The molecule has 3 aromatic heterocycles. The molecule has 4 rings (SSSR count). The fourth-order valence-corrected chi connectivity index (χ4v) is 3.56. The van der Waals surface area contributed by atoms with Crippen LogP contribution in [-0.4, -0.2) is 24.7 Å². The highest BCUT2D eigenvalue weighted by atomic mass is 32.1. The van der Waals surface area contributed by atoms with Crippen molar-refractivity contribution < 1.29 is 0 Å². The van der Waals surface area contributed by atoms with E-state index in [1.54, 1.807) is 28.4 Å². The second-order valence-corrected chi connectivity index (χ2v) is 6.89. The first-order valence-corrected chi connectivity index (χ1v) is 9.15. The molecule has 7 heteroatoms. The molecule has 0 radical (unpaired) electrons. The molecule has 0 saturated heterocycles. The van der Waals surface area contributed by atoms with E-state index in [4.69, 9.17) is 4.98 Å². The molecule has 26 heavy (non-hydrogen) atoms. The molecule has 0 fully saturated rings. The molecule has 130 valence electrons. The van der Waals surface area contributed by atoms with E-state index in [0.29, 0.717) is 11.6 Å². The fraction of sp³-hybridized carbons (Fsp3) is 0.158. The van der Waals surface area contributed by atoms with E-state index in [-0.39, 0.29) is 6.04 Å². The molecule has 3 heterocycles. The van der Waals surface area contributed by atoms with Crippen LogP contribution in [0.1, 0.15) is 28.0 Å². The van der Waals surface area contributed by atoms with Crippen molar-refractivity contribution in [2.24, 2.45) is 0 Å². The highest BCUT2D eigenvalue weighted by molar-refractivity contribution is 7.09. The van der Waals surface area contributed by atoms with E-state index in [9.17, 15) is 0 Å². The molecule has 0 aliphatic rings.